The number of ether oxygens (including phenoxy) is 1. The highest BCUT2D eigenvalue weighted by atomic mass is 19.4. The molecule has 0 radical (unpaired) electrons. The molecule has 0 spiro atoms. The maximum absolute atomic E-state index is 13.7. The van der Waals surface area contributed by atoms with Crippen molar-refractivity contribution in [3.05, 3.63) is 96.6 Å². The van der Waals surface area contributed by atoms with Crippen molar-refractivity contribution in [2.45, 2.75) is 19.0 Å². The van der Waals surface area contributed by atoms with Crippen LogP contribution in [0.5, 0.6) is 11.5 Å². The highest BCUT2D eigenvalue weighted by molar-refractivity contribution is 6.13. The number of amides is 2. The van der Waals surface area contributed by atoms with Crippen LogP contribution in [0.1, 0.15) is 28.8 Å². The van der Waals surface area contributed by atoms with Crippen LogP contribution in [0.25, 0.3) is 22.0 Å². The van der Waals surface area contributed by atoms with Crippen molar-refractivity contribution >= 4 is 34.1 Å². The van der Waals surface area contributed by atoms with Gasteiger partial charge in [0.15, 0.2) is 0 Å². The van der Waals surface area contributed by atoms with Crippen molar-refractivity contribution in [1.82, 2.24) is 14.5 Å². The Labute approximate surface area is 238 Å². The van der Waals surface area contributed by atoms with Gasteiger partial charge in [0, 0.05) is 42.0 Å². The van der Waals surface area contributed by atoms with E-state index in [-0.39, 0.29) is 28.6 Å². The molecule has 1 aliphatic rings. The standard InChI is InChI=1S/C31H24F3N5O3/c1-39-17-35-16-27(39)20-11-21(31(32,33)34)14-22(12-20)37-30(41)26-4-2-3-19-13-23(7-8-25(19)26)42-24-9-10-36-28(15-24)38-29(40)18-5-6-18/h2-4,7-18H,5-6H2,1H3,(H,37,41)(H,36,38,40). The van der Waals surface area contributed by atoms with Crippen LogP contribution in [0.2, 0.25) is 0 Å². The fraction of sp³-hybridized carbons (Fsp3) is 0.161. The Morgan fingerprint density at radius 3 is 2.52 bits per heavy atom. The number of pyridine rings is 1. The molecule has 0 aliphatic heterocycles. The normalized spacial score (nSPS) is 13.1. The quantitative estimate of drug-likeness (QED) is 0.218. The van der Waals surface area contributed by atoms with Gasteiger partial charge in [-0.1, -0.05) is 12.1 Å². The first kappa shape index (κ1) is 27.0. The molecule has 1 saturated carbocycles. The van der Waals surface area contributed by atoms with Crippen LogP contribution in [-0.4, -0.2) is 26.3 Å². The van der Waals surface area contributed by atoms with Gasteiger partial charge in [0.1, 0.15) is 17.3 Å². The van der Waals surface area contributed by atoms with Crippen LogP contribution < -0.4 is 15.4 Å². The molecule has 0 saturated heterocycles. The van der Waals surface area contributed by atoms with E-state index in [1.807, 2.05) is 0 Å². The number of aromatic nitrogens is 3. The molecule has 6 rings (SSSR count). The van der Waals surface area contributed by atoms with Gasteiger partial charge >= 0.3 is 6.18 Å². The number of nitrogens with one attached hydrogen (secondary N) is 2. The number of carbonyl (C=O) groups is 2. The SMILES string of the molecule is Cn1cncc1-c1cc(NC(=O)c2cccc3cc(Oc4ccnc(NC(=O)C5CC5)c4)ccc23)cc(C(F)(F)F)c1. The van der Waals surface area contributed by atoms with Gasteiger partial charge in [0.2, 0.25) is 5.91 Å². The summed E-state index contributed by atoms with van der Waals surface area (Å²) < 4.78 is 48.7. The minimum absolute atomic E-state index is 0.00486. The second-order valence-corrected chi connectivity index (χ2v) is 10.1. The zero-order valence-corrected chi connectivity index (χ0v) is 22.3. The molecule has 2 N–H and O–H groups in total. The Morgan fingerprint density at radius 1 is 0.976 bits per heavy atom. The third-order valence-electron chi connectivity index (χ3n) is 6.89. The van der Waals surface area contributed by atoms with E-state index < -0.39 is 17.6 Å². The first-order valence-electron chi connectivity index (χ1n) is 13.1. The van der Waals surface area contributed by atoms with Gasteiger partial charge < -0.3 is 19.9 Å². The molecule has 0 bridgehead atoms. The van der Waals surface area contributed by atoms with Crippen LogP contribution in [0, 0.1) is 5.92 Å². The van der Waals surface area contributed by atoms with E-state index in [0.717, 1.165) is 25.0 Å². The van der Waals surface area contributed by atoms with Gasteiger partial charge in [-0.3, -0.25) is 9.59 Å². The number of nitrogens with zero attached hydrogens (tertiary/aromatic N) is 3. The number of alkyl halides is 3. The van der Waals surface area contributed by atoms with Crippen LogP contribution in [-0.2, 0) is 18.0 Å². The van der Waals surface area contributed by atoms with E-state index in [1.54, 1.807) is 60.1 Å². The molecule has 8 nitrogen and oxygen atoms in total. The molecule has 0 atom stereocenters. The maximum atomic E-state index is 13.7. The summed E-state index contributed by atoms with van der Waals surface area (Å²) in [4.78, 5) is 33.5. The number of benzene rings is 3. The van der Waals surface area contributed by atoms with Gasteiger partial charge in [-0.2, -0.15) is 13.2 Å². The van der Waals surface area contributed by atoms with Gasteiger partial charge in [-0.25, -0.2) is 9.97 Å². The smallest absolute Gasteiger partial charge is 0.416 e. The van der Waals surface area contributed by atoms with Gasteiger partial charge in [0.25, 0.3) is 5.91 Å². The minimum Gasteiger partial charge on any atom is -0.457 e. The average molecular weight is 572 g/mol. The predicted octanol–water partition coefficient (Wildman–Crippen LogP) is 7.05. The Kier molecular flexibility index (Phi) is 6.85. The highest BCUT2D eigenvalue weighted by Gasteiger charge is 2.32. The Hall–Kier alpha value is -5.19. The number of halogens is 3. The topological polar surface area (TPSA) is 98.1 Å². The first-order valence-corrected chi connectivity index (χ1v) is 13.1. The van der Waals surface area contributed by atoms with Crippen LogP contribution in [0.4, 0.5) is 24.7 Å². The molecule has 1 aliphatic carbocycles. The molecular formula is C31H24F3N5O3. The molecule has 5 aromatic rings. The number of hydrogen-bond donors (Lipinski definition) is 2. The molecule has 42 heavy (non-hydrogen) atoms. The lowest BCUT2D eigenvalue weighted by atomic mass is 10.0. The zero-order chi connectivity index (χ0) is 29.4. The molecule has 2 heterocycles. The molecule has 2 aromatic heterocycles. The monoisotopic (exact) mass is 571 g/mol. The van der Waals surface area contributed by atoms with E-state index in [4.69, 9.17) is 4.74 Å². The summed E-state index contributed by atoms with van der Waals surface area (Å²) in [6.45, 7) is 0. The molecule has 11 heteroatoms. The largest absolute Gasteiger partial charge is 0.457 e. The molecule has 2 amide bonds. The lowest BCUT2D eigenvalue weighted by Crippen LogP contribution is -2.14. The summed E-state index contributed by atoms with van der Waals surface area (Å²) in [5.74, 6) is 0.775. The first-order chi connectivity index (χ1) is 20.1. The molecule has 212 valence electrons. The minimum atomic E-state index is -4.61. The number of carbonyl (C=O) groups excluding carboxylic acids is 2. The van der Waals surface area contributed by atoms with Crippen molar-refractivity contribution in [3.63, 3.8) is 0 Å². The summed E-state index contributed by atoms with van der Waals surface area (Å²) in [6, 6.07) is 16.9. The van der Waals surface area contributed by atoms with E-state index >= 15 is 0 Å². The average Bonchev–Trinajstić information content (AvgIpc) is 3.72. The van der Waals surface area contributed by atoms with Crippen LogP contribution in [0.15, 0.2) is 85.5 Å². The number of rotatable bonds is 7. The third kappa shape index (κ3) is 5.80. The number of aryl methyl sites for hydroxylation is 1. The lowest BCUT2D eigenvalue weighted by Gasteiger charge is -2.14. The van der Waals surface area contributed by atoms with Crippen LogP contribution >= 0.6 is 0 Å². The molecule has 0 unspecified atom stereocenters. The van der Waals surface area contributed by atoms with Crippen molar-refractivity contribution < 1.29 is 27.5 Å². The molecule has 3 aromatic carbocycles. The predicted molar refractivity (Wildman–Crippen MR) is 151 cm³/mol. The summed E-state index contributed by atoms with van der Waals surface area (Å²) >= 11 is 0. The fourth-order valence-corrected chi connectivity index (χ4v) is 4.62. The maximum Gasteiger partial charge on any atom is 0.416 e. The third-order valence-corrected chi connectivity index (χ3v) is 6.89. The second kappa shape index (κ2) is 10.7. The van der Waals surface area contributed by atoms with E-state index in [0.29, 0.717) is 33.8 Å². The summed E-state index contributed by atoms with van der Waals surface area (Å²) in [6.07, 6.45) is 1.64. The Bertz CT molecular complexity index is 1830. The molecular weight excluding hydrogens is 547 g/mol. The fourth-order valence-electron chi connectivity index (χ4n) is 4.62. The van der Waals surface area contributed by atoms with Crippen molar-refractivity contribution in [1.29, 1.82) is 0 Å². The number of fused-ring (bicyclic) bond motifs is 1. The summed E-state index contributed by atoms with van der Waals surface area (Å²) in [5, 5.41) is 6.70. The molecule has 1 fully saturated rings. The lowest BCUT2D eigenvalue weighted by molar-refractivity contribution is -0.137. The van der Waals surface area contributed by atoms with Crippen molar-refractivity contribution in [2.75, 3.05) is 10.6 Å². The summed E-state index contributed by atoms with van der Waals surface area (Å²) in [5.41, 5.74) is 0.146. The number of imidazole rings is 1. The van der Waals surface area contributed by atoms with E-state index in [2.05, 4.69) is 20.6 Å². The van der Waals surface area contributed by atoms with Crippen molar-refractivity contribution in [3.8, 4) is 22.8 Å². The van der Waals surface area contributed by atoms with Gasteiger partial charge in [-0.15, -0.1) is 0 Å². The number of hydrogen-bond acceptors (Lipinski definition) is 5. The zero-order valence-electron chi connectivity index (χ0n) is 22.3. The van der Waals surface area contributed by atoms with E-state index in [1.165, 1.54) is 24.8 Å². The van der Waals surface area contributed by atoms with Crippen LogP contribution in [0.3, 0.4) is 0 Å². The summed E-state index contributed by atoms with van der Waals surface area (Å²) in [7, 11) is 1.68. The van der Waals surface area contributed by atoms with Gasteiger partial charge in [0.05, 0.1) is 23.8 Å². The Morgan fingerprint density at radius 2 is 1.79 bits per heavy atom. The van der Waals surface area contributed by atoms with Gasteiger partial charge in [-0.05, 0) is 72.1 Å². The van der Waals surface area contributed by atoms with Crippen molar-refractivity contribution in [2.24, 2.45) is 13.0 Å². The number of anilines is 2. The van der Waals surface area contributed by atoms with E-state index in [9.17, 15) is 22.8 Å². The highest BCUT2D eigenvalue weighted by Crippen LogP contribution is 2.36. The Balaban J connectivity index is 1.24. The second-order valence-electron chi connectivity index (χ2n) is 10.1.